The molecule has 32 heavy (non-hydrogen) atoms. The first kappa shape index (κ1) is 21.2. The molecule has 2 unspecified atom stereocenters. The molecule has 170 valence electrons. The number of nitrogens with one attached hydrogen (secondary N) is 1. The third kappa shape index (κ3) is 3.54. The molecule has 1 fully saturated rings. The van der Waals surface area contributed by atoms with Gasteiger partial charge in [0.2, 0.25) is 0 Å². The van der Waals surface area contributed by atoms with E-state index in [-0.39, 0.29) is 12.2 Å². The second kappa shape index (κ2) is 7.75. The molecule has 0 saturated heterocycles. The molecule has 0 spiro atoms. The van der Waals surface area contributed by atoms with Crippen LogP contribution in [0.15, 0.2) is 36.7 Å². The molecule has 0 radical (unpaired) electrons. The van der Waals surface area contributed by atoms with Crippen LogP contribution in [0.25, 0.3) is 11.0 Å². The smallest absolute Gasteiger partial charge is 0.416 e. The van der Waals surface area contributed by atoms with E-state index < -0.39 is 36.1 Å². The molecule has 2 aromatic heterocycles. The Balaban J connectivity index is 1.47. The molecular formula is C23H24F3N3O3. The lowest BCUT2D eigenvalue weighted by Gasteiger charge is -2.25. The second-order valence-electron chi connectivity index (χ2n) is 8.57. The van der Waals surface area contributed by atoms with Gasteiger partial charge in [0, 0.05) is 36.3 Å². The maximum atomic E-state index is 13.4. The molecule has 5 rings (SSSR count). The van der Waals surface area contributed by atoms with Crippen molar-refractivity contribution in [3.05, 3.63) is 58.9 Å². The van der Waals surface area contributed by atoms with E-state index in [1.165, 1.54) is 6.07 Å². The van der Waals surface area contributed by atoms with Crippen molar-refractivity contribution in [3.63, 3.8) is 0 Å². The van der Waals surface area contributed by atoms with Gasteiger partial charge in [-0.05, 0) is 55.3 Å². The highest BCUT2D eigenvalue weighted by molar-refractivity contribution is 5.79. The number of hydrogen-bond acceptors (Lipinski definition) is 5. The maximum absolute atomic E-state index is 13.4. The normalized spacial score (nSPS) is 25.8. The zero-order valence-electron chi connectivity index (χ0n) is 17.4. The summed E-state index contributed by atoms with van der Waals surface area (Å²) < 4.78 is 48.1. The Bertz CT molecular complexity index is 1160. The summed E-state index contributed by atoms with van der Waals surface area (Å²) in [5, 5.41) is 25.6. The Morgan fingerprint density at radius 1 is 1.19 bits per heavy atom. The van der Waals surface area contributed by atoms with Gasteiger partial charge in [0.05, 0.1) is 11.6 Å². The number of aromatic nitrogens is 2. The van der Waals surface area contributed by atoms with Crippen LogP contribution in [-0.2, 0) is 19.1 Å². The van der Waals surface area contributed by atoms with Gasteiger partial charge >= 0.3 is 6.18 Å². The number of aliphatic hydroxyl groups is 2. The van der Waals surface area contributed by atoms with Gasteiger partial charge in [0.25, 0.3) is 0 Å². The van der Waals surface area contributed by atoms with Crippen LogP contribution >= 0.6 is 0 Å². The number of ether oxygens (including phenoxy) is 1. The van der Waals surface area contributed by atoms with Gasteiger partial charge in [-0.1, -0.05) is 0 Å². The molecule has 0 bridgehead atoms. The van der Waals surface area contributed by atoms with Crippen LogP contribution in [0.3, 0.4) is 0 Å². The van der Waals surface area contributed by atoms with E-state index in [0.29, 0.717) is 36.3 Å². The highest BCUT2D eigenvalue weighted by Crippen LogP contribution is 2.40. The SMILES string of the molecule is Cc1ccnc2c1ccn2C1CC(Oc2cc(C(F)(F)F)cc3c2CNCC3)[C@@H](O)[C@H]1O. The van der Waals surface area contributed by atoms with Crippen molar-refractivity contribution < 1.29 is 28.1 Å². The summed E-state index contributed by atoms with van der Waals surface area (Å²) in [6, 6.07) is 5.45. The summed E-state index contributed by atoms with van der Waals surface area (Å²) in [6.07, 6.45) is -3.55. The number of rotatable bonds is 3. The van der Waals surface area contributed by atoms with Crippen molar-refractivity contribution in [2.45, 2.75) is 56.8 Å². The van der Waals surface area contributed by atoms with Gasteiger partial charge in [-0.15, -0.1) is 0 Å². The van der Waals surface area contributed by atoms with Gasteiger partial charge in [-0.2, -0.15) is 13.2 Å². The Morgan fingerprint density at radius 2 is 2.00 bits per heavy atom. The van der Waals surface area contributed by atoms with Crippen molar-refractivity contribution in [3.8, 4) is 5.75 Å². The van der Waals surface area contributed by atoms with Crippen molar-refractivity contribution in [1.29, 1.82) is 0 Å². The number of fused-ring (bicyclic) bond motifs is 2. The van der Waals surface area contributed by atoms with E-state index in [4.69, 9.17) is 4.74 Å². The molecule has 1 aliphatic carbocycles. The van der Waals surface area contributed by atoms with Crippen LogP contribution in [0.4, 0.5) is 13.2 Å². The van der Waals surface area contributed by atoms with Crippen molar-refractivity contribution in [1.82, 2.24) is 14.9 Å². The van der Waals surface area contributed by atoms with Crippen molar-refractivity contribution >= 4 is 11.0 Å². The minimum absolute atomic E-state index is 0.102. The number of nitrogens with zero attached hydrogens (tertiary/aromatic N) is 2. The minimum atomic E-state index is -4.50. The Hall–Kier alpha value is -2.62. The number of aliphatic hydroxyl groups excluding tert-OH is 2. The average molecular weight is 447 g/mol. The number of aryl methyl sites for hydroxylation is 1. The predicted molar refractivity (Wildman–Crippen MR) is 111 cm³/mol. The molecule has 1 saturated carbocycles. The first-order valence-electron chi connectivity index (χ1n) is 10.6. The molecule has 0 amide bonds. The Morgan fingerprint density at radius 3 is 2.78 bits per heavy atom. The molecule has 2 aliphatic rings. The summed E-state index contributed by atoms with van der Waals surface area (Å²) >= 11 is 0. The fourth-order valence-corrected chi connectivity index (χ4v) is 4.82. The first-order chi connectivity index (χ1) is 15.2. The van der Waals surface area contributed by atoms with E-state index in [2.05, 4.69) is 10.3 Å². The highest BCUT2D eigenvalue weighted by atomic mass is 19.4. The number of hydrogen-bond donors (Lipinski definition) is 3. The zero-order chi connectivity index (χ0) is 22.6. The van der Waals surface area contributed by atoms with Gasteiger partial charge in [0.1, 0.15) is 29.7 Å². The van der Waals surface area contributed by atoms with E-state index in [1.54, 1.807) is 6.20 Å². The molecule has 4 atom stereocenters. The fraction of sp³-hybridized carbons (Fsp3) is 0.435. The second-order valence-corrected chi connectivity index (χ2v) is 8.57. The number of benzene rings is 1. The minimum Gasteiger partial charge on any atom is -0.487 e. The lowest BCUT2D eigenvalue weighted by Crippen LogP contribution is -2.35. The van der Waals surface area contributed by atoms with Crippen LogP contribution < -0.4 is 10.1 Å². The van der Waals surface area contributed by atoms with Crippen LogP contribution in [0.1, 0.15) is 34.7 Å². The third-order valence-electron chi connectivity index (χ3n) is 6.57. The highest BCUT2D eigenvalue weighted by Gasteiger charge is 2.45. The Kier molecular flexibility index (Phi) is 5.15. The molecule has 6 nitrogen and oxygen atoms in total. The van der Waals surface area contributed by atoms with Crippen molar-refractivity contribution in [2.75, 3.05) is 6.54 Å². The summed E-state index contributed by atoms with van der Waals surface area (Å²) in [5.41, 5.74) is 2.21. The lowest BCUT2D eigenvalue weighted by molar-refractivity contribution is -0.137. The first-order valence-corrected chi connectivity index (χ1v) is 10.6. The maximum Gasteiger partial charge on any atom is 0.416 e. The standard InChI is InChI=1S/C23H24F3N3O3/c1-12-2-6-28-22-15(12)4-7-29(22)17-10-19(21(31)20(17)30)32-18-9-14(23(24,25)26)8-13-3-5-27-11-16(13)18/h2,4,6-9,17,19-21,27,30-31H,3,5,10-11H2,1H3/t17?,19?,20-,21+/m0/s1. The molecule has 3 aromatic rings. The molecular weight excluding hydrogens is 423 g/mol. The molecule has 9 heteroatoms. The largest absolute Gasteiger partial charge is 0.487 e. The van der Waals surface area contributed by atoms with Crippen LogP contribution in [0.2, 0.25) is 0 Å². The zero-order valence-corrected chi connectivity index (χ0v) is 17.4. The third-order valence-corrected chi connectivity index (χ3v) is 6.57. The topological polar surface area (TPSA) is 79.5 Å². The van der Waals surface area contributed by atoms with Gasteiger partial charge < -0.3 is 24.8 Å². The summed E-state index contributed by atoms with van der Waals surface area (Å²) in [6.45, 7) is 2.95. The van der Waals surface area contributed by atoms with Gasteiger partial charge in [-0.25, -0.2) is 4.98 Å². The predicted octanol–water partition coefficient (Wildman–Crippen LogP) is 3.12. The number of alkyl halides is 3. The summed E-state index contributed by atoms with van der Waals surface area (Å²) in [5.74, 6) is 0.102. The quantitative estimate of drug-likeness (QED) is 0.575. The monoisotopic (exact) mass is 447 g/mol. The molecule has 3 heterocycles. The fourth-order valence-electron chi connectivity index (χ4n) is 4.82. The van der Waals surface area contributed by atoms with Gasteiger partial charge in [0.15, 0.2) is 0 Å². The van der Waals surface area contributed by atoms with Crippen LogP contribution in [0.5, 0.6) is 5.75 Å². The van der Waals surface area contributed by atoms with E-state index in [0.717, 1.165) is 17.0 Å². The summed E-state index contributed by atoms with van der Waals surface area (Å²) in [4.78, 5) is 4.41. The lowest BCUT2D eigenvalue weighted by atomic mass is 9.97. The van der Waals surface area contributed by atoms with E-state index >= 15 is 0 Å². The average Bonchev–Trinajstić information content (AvgIpc) is 3.30. The number of halogens is 3. The van der Waals surface area contributed by atoms with Crippen LogP contribution in [0, 0.1) is 6.92 Å². The van der Waals surface area contributed by atoms with E-state index in [9.17, 15) is 23.4 Å². The molecule has 1 aliphatic heterocycles. The number of pyridine rings is 1. The van der Waals surface area contributed by atoms with E-state index in [1.807, 2.05) is 29.8 Å². The van der Waals surface area contributed by atoms with Crippen LogP contribution in [-0.4, -0.2) is 44.6 Å². The van der Waals surface area contributed by atoms with Gasteiger partial charge in [-0.3, -0.25) is 0 Å². The summed E-state index contributed by atoms with van der Waals surface area (Å²) in [7, 11) is 0. The molecule has 1 aromatic carbocycles. The van der Waals surface area contributed by atoms with Crippen molar-refractivity contribution in [2.24, 2.45) is 0 Å². The molecule has 3 N–H and O–H groups in total. The Labute approximate surface area is 182 Å².